The number of aromatic nitrogens is 1. The van der Waals surface area contributed by atoms with Gasteiger partial charge in [-0.1, -0.05) is 0 Å². The average molecular weight is 245 g/mol. The lowest BCUT2D eigenvalue weighted by Gasteiger charge is -2.05. The molecule has 2 N–H and O–H groups in total. The molecule has 3 rings (SSSR count). The van der Waals surface area contributed by atoms with E-state index in [4.69, 9.17) is 0 Å². The van der Waals surface area contributed by atoms with Gasteiger partial charge in [0.2, 0.25) is 0 Å². The highest BCUT2D eigenvalue weighted by molar-refractivity contribution is 7.15. The predicted octanol–water partition coefficient (Wildman–Crippen LogP) is 3.47. The minimum absolute atomic E-state index is 0.978. The first kappa shape index (κ1) is 10.6. The number of rotatable bonds is 2. The second kappa shape index (κ2) is 4.04. The van der Waals surface area contributed by atoms with Gasteiger partial charge in [0.15, 0.2) is 5.13 Å². The lowest BCUT2D eigenvalue weighted by atomic mass is 10.1. The van der Waals surface area contributed by atoms with Crippen LogP contribution in [-0.4, -0.2) is 11.5 Å². The van der Waals surface area contributed by atoms with E-state index in [9.17, 15) is 0 Å². The zero-order valence-corrected chi connectivity index (χ0v) is 10.8. The SMILES string of the molecule is Cc1nc(Nc2ccc3c(c2)CCN3)sc1C. The number of hydrogen-bond acceptors (Lipinski definition) is 4. The smallest absolute Gasteiger partial charge is 0.187 e. The maximum absolute atomic E-state index is 4.49. The lowest BCUT2D eigenvalue weighted by molar-refractivity contribution is 1.11. The zero-order chi connectivity index (χ0) is 11.8. The van der Waals surface area contributed by atoms with E-state index in [1.807, 2.05) is 6.92 Å². The zero-order valence-electron chi connectivity index (χ0n) is 10.0. The van der Waals surface area contributed by atoms with Gasteiger partial charge in [0.05, 0.1) is 5.69 Å². The van der Waals surface area contributed by atoms with Gasteiger partial charge in [0.1, 0.15) is 0 Å². The van der Waals surface area contributed by atoms with Crippen LogP contribution in [0, 0.1) is 13.8 Å². The average Bonchev–Trinajstić information content (AvgIpc) is 2.86. The van der Waals surface area contributed by atoms with Gasteiger partial charge < -0.3 is 10.6 Å². The van der Waals surface area contributed by atoms with Gasteiger partial charge in [0.25, 0.3) is 0 Å². The summed E-state index contributed by atoms with van der Waals surface area (Å²) >= 11 is 1.70. The Hall–Kier alpha value is -1.55. The molecule has 0 amide bonds. The summed E-state index contributed by atoms with van der Waals surface area (Å²) in [6.07, 6.45) is 1.11. The standard InChI is InChI=1S/C13H15N3S/c1-8-9(2)17-13(15-8)16-11-3-4-12-10(7-11)5-6-14-12/h3-4,7,14H,5-6H2,1-2H3,(H,15,16). The number of thiazole rings is 1. The molecule has 0 radical (unpaired) electrons. The van der Waals surface area contributed by atoms with Crippen molar-refractivity contribution >= 4 is 27.8 Å². The molecule has 1 aromatic heterocycles. The third-order valence-corrected chi connectivity index (χ3v) is 4.08. The van der Waals surface area contributed by atoms with Gasteiger partial charge >= 0.3 is 0 Å². The van der Waals surface area contributed by atoms with Gasteiger partial charge in [-0.3, -0.25) is 0 Å². The summed E-state index contributed by atoms with van der Waals surface area (Å²) in [6.45, 7) is 5.20. The highest BCUT2D eigenvalue weighted by Crippen LogP contribution is 2.29. The van der Waals surface area contributed by atoms with Crippen molar-refractivity contribution in [2.24, 2.45) is 0 Å². The molecule has 0 fully saturated rings. The fourth-order valence-electron chi connectivity index (χ4n) is 2.03. The number of anilines is 3. The van der Waals surface area contributed by atoms with Crippen molar-refractivity contribution in [1.29, 1.82) is 0 Å². The molecule has 0 atom stereocenters. The van der Waals surface area contributed by atoms with Crippen molar-refractivity contribution < 1.29 is 0 Å². The van der Waals surface area contributed by atoms with Crippen molar-refractivity contribution in [2.45, 2.75) is 20.3 Å². The highest BCUT2D eigenvalue weighted by atomic mass is 32.1. The first-order valence-electron chi connectivity index (χ1n) is 5.80. The lowest BCUT2D eigenvalue weighted by Crippen LogP contribution is -1.91. The van der Waals surface area contributed by atoms with Gasteiger partial charge in [-0.05, 0) is 44.0 Å². The van der Waals surface area contributed by atoms with Crippen molar-refractivity contribution in [3.63, 3.8) is 0 Å². The summed E-state index contributed by atoms with van der Waals surface area (Å²) in [5.41, 5.74) is 4.89. The number of nitrogens with zero attached hydrogens (tertiary/aromatic N) is 1. The van der Waals surface area contributed by atoms with Crippen LogP contribution in [-0.2, 0) is 6.42 Å². The van der Waals surface area contributed by atoms with E-state index in [2.05, 4.69) is 40.7 Å². The summed E-state index contributed by atoms with van der Waals surface area (Å²) in [7, 11) is 0. The number of nitrogens with one attached hydrogen (secondary N) is 2. The van der Waals surface area contributed by atoms with Crippen LogP contribution in [0.3, 0.4) is 0 Å². The molecule has 88 valence electrons. The van der Waals surface area contributed by atoms with Crippen LogP contribution in [0.4, 0.5) is 16.5 Å². The van der Waals surface area contributed by atoms with Crippen LogP contribution < -0.4 is 10.6 Å². The monoisotopic (exact) mass is 245 g/mol. The van der Waals surface area contributed by atoms with Crippen LogP contribution in [0.5, 0.6) is 0 Å². The Balaban J connectivity index is 1.85. The van der Waals surface area contributed by atoms with E-state index < -0.39 is 0 Å². The molecule has 1 aliphatic rings. The van der Waals surface area contributed by atoms with Crippen LogP contribution in [0.25, 0.3) is 0 Å². The molecule has 2 heterocycles. The van der Waals surface area contributed by atoms with Crippen LogP contribution in [0.1, 0.15) is 16.1 Å². The van der Waals surface area contributed by atoms with Gasteiger partial charge in [-0.2, -0.15) is 0 Å². The molecule has 0 bridgehead atoms. The van der Waals surface area contributed by atoms with Gasteiger partial charge in [-0.15, -0.1) is 11.3 Å². The maximum Gasteiger partial charge on any atom is 0.187 e. The minimum atomic E-state index is 0.978. The second-order valence-electron chi connectivity index (χ2n) is 4.33. The van der Waals surface area contributed by atoms with E-state index in [0.717, 1.165) is 29.5 Å². The Labute approximate surface area is 105 Å². The molecule has 2 aromatic rings. The fraction of sp³-hybridized carbons (Fsp3) is 0.308. The fourth-order valence-corrected chi connectivity index (χ4v) is 2.87. The van der Waals surface area contributed by atoms with E-state index in [-0.39, 0.29) is 0 Å². The molecule has 1 aromatic carbocycles. The Kier molecular flexibility index (Phi) is 2.52. The normalized spacial score (nSPS) is 13.3. The molecule has 0 saturated heterocycles. The summed E-state index contributed by atoms with van der Waals surface area (Å²) in [5.74, 6) is 0. The number of aryl methyl sites for hydroxylation is 2. The quantitative estimate of drug-likeness (QED) is 0.850. The topological polar surface area (TPSA) is 37.0 Å². The summed E-state index contributed by atoms with van der Waals surface area (Å²) in [6, 6.07) is 6.45. The Morgan fingerprint density at radius 2 is 2.24 bits per heavy atom. The number of fused-ring (bicyclic) bond motifs is 1. The Bertz CT molecular complexity index is 540. The van der Waals surface area contributed by atoms with Crippen molar-refractivity contribution in [1.82, 2.24) is 4.98 Å². The van der Waals surface area contributed by atoms with Gasteiger partial charge in [-0.25, -0.2) is 4.98 Å². The summed E-state index contributed by atoms with van der Waals surface area (Å²) in [4.78, 5) is 5.76. The molecular formula is C13H15N3S. The number of benzene rings is 1. The molecule has 0 saturated carbocycles. The van der Waals surface area contributed by atoms with Crippen LogP contribution >= 0.6 is 11.3 Å². The highest BCUT2D eigenvalue weighted by Gasteiger charge is 2.10. The van der Waals surface area contributed by atoms with E-state index >= 15 is 0 Å². The number of hydrogen-bond donors (Lipinski definition) is 2. The minimum Gasteiger partial charge on any atom is -0.384 e. The molecule has 0 aliphatic carbocycles. The molecule has 17 heavy (non-hydrogen) atoms. The molecule has 0 unspecified atom stereocenters. The van der Waals surface area contributed by atoms with E-state index in [1.54, 1.807) is 11.3 Å². The predicted molar refractivity (Wildman–Crippen MR) is 73.5 cm³/mol. The first-order valence-corrected chi connectivity index (χ1v) is 6.62. The van der Waals surface area contributed by atoms with Crippen molar-refractivity contribution in [3.8, 4) is 0 Å². The summed E-state index contributed by atoms with van der Waals surface area (Å²) < 4.78 is 0. The Morgan fingerprint density at radius 1 is 1.35 bits per heavy atom. The third kappa shape index (κ3) is 2.00. The summed E-state index contributed by atoms with van der Waals surface area (Å²) in [5, 5.41) is 7.72. The molecule has 1 aliphatic heterocycles. The third-order valence-electron chi connectivity index (χ3n) is 3.09. The van der Waals surface area contributed by atoms with Gasteiger partial charge in [0, 0.05) is 22.8 Å². The molecule has 0 spiro atoms. The van der Waals surface area contributed by atoms with Crippen LogP contribution in [0.2, 0.25) is 0 Å². The van der Waals surface area contributed by atoms with Crippen molar-refractivity contribution in [2.75, 3.05) is 17.2 Å². The Morgan fingerprint density at radius 3 is 3.00 bits per heavy atom. The molecule has 4 heteroatoms. The van der Waals surface area contributed by atoms with Crippen LogP contribution in [0.15, 0.2) is 18.2 Å². The maximum atomic E-state index is 4.49. The van der Waals surface area contributed by atoms with E-state index in [1.165, 1.54) is 16.1 Å². The molecule has 3 nitrogen and oxygen atoms in total. The van der Waals surface area contributed by atoms with Crippen molar-refractivity contribution in [3.05, 3.63) is 34.3 Å². The largest absolute Gasteiger partial charge is 0.384 e. The second-order valence-corrected chi connectivity index (χ2v) is 5.54. The van der Waals surface area contributed by atoms with E-state index in [0.29, 0.717) is 0 Å². The molecular weight excluding hydrogens is 230 g/mol. The first-order chi connectivity index (χ1) is 8.22.